The number of hydrogen-bond donors (Lipinski definition) is 2. The van der Waals surface area contributed by atoms with Gasteiger partial charge in [0.25, 0.3) is 0 Å². The van der Waals surface area contributed by atoms with E-state index in [2.05, 4.69) is 10.2 Å². The van der Waals surface area contributed by atoms with Gasteiger partial charge >= 0.3 is 0 Å². The zero-order valence-electron chi connectivity index (χ0n) is 11.8. The number of nitrogens with two attached hydrogens (primary N) is 1. The van der Waals surface area contributed by atoms with E-state index in [0.29, 0.717) is 13.2 Å². The second-order valence-electron chi connectivity index (χ2n) is 4.28. The van der Waals surface area contributed by atoms with Crippen molar-refractivity contribution in [3.63, 3.8) is 0 Å². The van der Waals surface area contributed by atoms with Crippen LogP contribution in [0.5, 0.6) is 5.75 Å². The van der Waals surface area contributed by atoms with Crippen LogP contribution in [0.25, 0.3) is 0 Å². The van der Waals surface area contributed by atoms with Crippen molar-refractivity contribution in [2.45, 2.75) is 6.54 Å². The lowest BCUT2D eigenvalue weighted by Gasteiger charge is -2.12. The maximum Gasteiger partial charge on any atom is 0.234 e. The lowest BCUT2D eigenvalue weighted by Crippen LogP contribution is -2.29. The molecule has 0 bridgehead atoms. The Balaban J connectivity index is 0. The summed E-state index contributed by atoms with van der Waals surface area (Å²) in [6.07, 6.45) is 0. The zero-order valence-corrected chi connectivity index (χ0v) is 13.4. The Bertz CT molecular complexity index is 390. The van der Waals surface area contributed by atoms with Crippen LogP contribution in [0.2, 0.25) is 0 Å². The Hall–Kier alpha value is -1.01. The van der Waals surface area contributed by atoms with Crippen molar-refractivity contribution < 1.29 is 9.53 Å². The standard InChI is InChI=1S/C13H21N3O2.2ClH/c1-16(2)6-7-18-12-5-3-4-11(8-12)10-15-13(17)9-14;;/h3-5,8H,6-7,9-10,14H2,1-2H3,(H,15,17);2*1H. The first-order valence-electron chi connectivity index (χ1n) is 5.95. The van der Waals surface area contributed by atoms with Crippen LogP contribution in [0.1, 0.15) is 5.56 Å². The molecule has 1 aromatic rings. The minimum absolute atomic E-state index is 0. The summed E-state index contributed by atoms with van der Waals surface area (Å²) >= 11 is 0. The highest BCUT2D eigenvalue weighted by atomic mass is 35.5. The minimum Gasteiger partial charge on any atom is -0.492 e. The Morgan fingerprint density at radius 3 is 2.65 bits per heavy atom. The number of amides is 1. The molecule has 1 amide bonds. The minimum atomic E-state index is -0.158. The van der Waals surface area contributed by atoms with Crippen LogP contribution in [0.4, 0.5) is 0 Å². The fourth-order valence-electron chi connectivity index (χ4n) is 1.36. The third-order valence-electron chi connectivity index (χ3n) is 2.38. The second kappa shape index (κ2) is 11.8. The SMILES string of the molecule is CN(C)CCOc1cccc(CNC(=O)CN)c1.Cl.Cl. The maximum absolute atomic E-state index is 11.0. The lowest BCUT2D eigenvalue weighted by molar-refractivity contribution is -0.119. The molecule has 0 aromatic heterocycles. The predicted molar refractivity (Wildman–Crippen MR) is 85.9 cm³/mol. The average molecular weight is 324 g/mol. The third kappa shape index (κ3) is 8.98. The van der Waals surface area contributed by atoms with Gasteiger partial charge in [-0.2, -0.15) is 0 Å². The summed E-state index contributed by atoms with van der Waals surface area (Å²) < 4.78 is 5.61. The molecule has 0 radical (unpaired) electrons. The summed E-state index contributed by atoms with van der Waals surface area (Å²) in [5.41, 5.74) is 6.22. The summed E-state index contributed by atoms with van der Waals surface area (Å²) in [7, 11) is 4.00. The number of benzene rings is 1. The quantitative estimate of drug-likeness (QED) is 0.787. The zero-order chi connectivity index (χ0) is 13.4. The van der Waals surface area contributed by atoms with Crippen molar-refractivity contribution in [2.24, 2.45) is 5.73 Å². The Morgan fingerprint density at radius 1 is 1.35 bits per heavy atom. The summed E-state index contributed by atoms with van der Waals surface area (Å²) in [5.74, 6) is 0.658. The van der Waals surface area contributed by atoms with Crippen LogP contribution in [0.3, 0.4) is 0 Å². The first-order chi connectivity index (χ1) is 8.61. The van der Waals surface area contributed by atoms with Crippen LogP contribution in [-0.2, 0) is 11.3 Å². The molecule has 0 atom stereocenters. The van der Waals surface area contributed by atoms with Gasteiger partial charge in [0.15, 0.2) is 0 Å². The molecule has 3 N–H and O–H groups in total. The van der Waals surface area contributed by atoms with Gasteiger partial charge in [-0.25, -0.2) is 0 Å². The lowest BCUT2D eigenvalue weighted by atomic mass is 10.2. The van der Waals surface area contributed by atoms with Crippen molar-refractivity contribution in [1.29, 1.82) is 0 Å². The monoisotopic (exact) mass is 323 g/mol. The molecule has 1 rings (SSSR count). The highest BCUT2D eigenvalue weighted by molar-refractivity contribution is 5.85. The van der Waals surface area contributed by atoms with Gasteiger partial charge in [-0.15, -0.1) is 24.8 Å². The number of ether oxygens (including phenoxy) is 1. The Kier molecular flexibility index (Phi) is 12.5. The van der Waals surface area contributed by atoms with E-state index in [1.165, 1.54) is 0 Å². The van der Waals surface area contributed by atoms with Gasteiger partial charge in [-0.3, -0.25) is 4.79 Å². The smallest absolute Gasteiger partial charge is 0.234 e. The highest BCUT2D eigenvalue weighted by Crippen LogP contribution is 2.13. The highest BCUT2D eigenvalue weighted by Gasteiger charge is 2.00. The van der Waals surface area contributed by atoms with E-state index in [4.69, 9.17) is 10.5 Å². The van der Waals surface area contributed by atoms with E-state index in [9.17, 15) is 4.79 Å². The molecule has 0 fully saturated rings. The van der Waals surface area contributed by atoms with Gasteiger partial charge in [0.05, 0.1) is 6.54 Å². The number of halogens is 2. The summed E-state index contributed by atoms with van der Waals surface area (Å²) in [6.45, 7) is 2.00. The van der Waals surface area contributed by atoms with Gasteiger partial charge < -0.3 is 20.7 Å². The summed E-state index contributed by atoms with van der Waals surface area (Å²) in [6, 6.07) is 7.68. The van der Waals surface area contributed by atoms with Crippen LogP contribution in [0.15, 0.2) is 24.3 Å². The van der Waals surface area contributed by atoms with E-state index in [1.54, 1.807) is 0 Å². The molecule has 0 saturated heterocycles. The molecule has 0 spiro atoms. The summed E-state index contributed by atoms with van der Waals surface area (Å²) in [5, 5.41) is 2.72. The van der Waals surface area contributed by atoms with Crippen molar-refractivity contribution in [2.75, 3.05) is 33.8 Å². The van der Waals surface area contributed by atoms with E-state index in [1.807, 2.05) is 38.4 Å². The third-order valence-corrected chi connectivity index (χ3v) is 2.38. The molecule has 7 heteroatoms. The van der Waals surface area contributed by atoms with Gasteiger partial charge in [0.1, 0.15) is 12.4 Å². The number of carbonyl (C=O) groups excluding carboxylic acids is 1. The topological polar surface area (TPSA) is 67.6 Å². The first kappa shape index (κ1) is 21.3. The molecule has 0 aliphatic rings. The predicted octanol–water partition coefficient (Wildman–Crippen LogP) is 1.05. The van der Waals surface area contributed by atoms with Gasteiger partial charge in [0, 0.05) is 13.1 Å². The molecule has 0 aliphatic carbocycles. The van der Waals surface area contributed by atoms with Crippen LogP contribution < -0.4 is 15.8 Å². The van der Waals surface area contributed by atoms with Crippen molar-refractivity contribution in [1.82, 2.24) is 10.2 Å². The van der Waals surface area contributed by atoms with Gasteiger partial charge in [0.2, 0.25) is 5.91 Å². The largest absolute Gasteiger partial charge is 0.492 e. The number of nitrogens with one attached hydrogen (secondary N) is 1. The number of hydrogen-bond acceptors (Lipinski definition) is 4. The first-order valence-corrected chi connectivity index (χ1v) is 5.95. The molecule has 0 unspecified atom stereocenters. The molecule has 20 heavy (non-hydrogen) atoms. The second-order valence-corrected chi connectivity index (χ2v) is 4.28. The van der Waals surface area contributed by atoms with E-state index >= 15 is 0 Å². The summed E-state index contributed by atoms with van der Waals surface area (Å²) in [4.78, 5) is 13.1. The molecule has 1 aromatic carbocycles. The van der Waals surface area contributed by atoms with E-state index in [-0.39, 0.29) is 37.3 Å². The van der Waals surface area contributed by atoms with E-state index in [0.717, 1.165) is 17.9 Å². The number of rotatable bonds is 7. The van der Waals surface area contributed by atoms with Gasteiger partial charge in [-0.1, -0.05) is 12.1 Å². The normalized spacial score (nSPS) is 9.40. The molecule has 0 saturated carbocycles. The number of carbonyl (C=O) groups is 1. The van der Waals surface area contributed by atoms with Crippen molar-refractivity contribution in [3.8, 4) is 5.75 Å². The van der Waals surface area contributed by atoms with Gasteiger partial charge in [-0.05, 0) is 31.8 Å². The Morgan fingerprint density at radius 2 is 2.05 bits per heavy atom. The molecule has 116 valence electrons. The van der Waals surface area contributed by atoms with Crippen molar-refractivity contribution in [3.05, 3.63) is 29.8 Å². The number of likely N-dealkylation sites (N-methyl/N-ethyl adjacent to an activating group) is 1. The van der Waals surface area contributed by atoms with Crippen molar-refractivity contribution >= 4 is 30.7 Å². The fourth-order valence-corrected chi connectivity index (χ4v) is 1.36. The number of nitrogens with zero attached hydrogens (tertiary/aromatic N) is 1. The maximum atomic E-state index is 11.0. The Labute approximate surface area is 132 Å². The molecule has 0 heterocycles. The molecular formula is C13H23Cl2N3O2. The van der Waals surface area contributed by atoms with Crippen LogP contribution in [0, 0.1) is 0 Å². The average Bonchev–Trinajstić information content (AvgIpc) is 2.36. The van der Waals surface area contributed by atoms with Crippen LogP contribution >= 0.6 is 24.8 Å². The fraction of sp³-hybridized carbons (Fsp3) is 0.462. The molecular weight excluding hydrogens is 301 g/mol. The molecule has 5 nitrogen and oxygen atoms in total. The van der Waals surface area contributed by atoms with E-state index < -0.39 is 0 Å². The molecule has 0 aliphatic heterocycles. The van der Waals surface area contributed by atoms with Crippen LogP contribution in [-0.4, -0.2) is 44.6 Å².